The Morgan fingerprint density at radius 3 is 2.86 bits per heavy atom. The van der Waals surface area contributed by atoms with Crippen LogP contribution in [-0.2, 0) is 6.42 Å². The van der Waals surface area contributed by atoms with Gasteiger partial charge in [-0.25, -0.2) is 4.98 Å². The number of rotatable bonds is 6. The van der Waals surface area contributed by atoms with Gasteiger partial charge >= 0.3 is 0 Å². The summed E-state index contributed by atoms with van der Waals surface area (Å²) in [7, 11) is 0. The van der Waals surface area contributed by atoms with Gasteiger partial charge in [-0.15, -0.1) is 11.3 Å². The van der Waals surface area contributed by atoms with Crippen LogP contribution in [0.15, 0.2) is 5.38 Å². The minimum atomic E-state index is 0.298. The molecule has 0 amide bonds. The van der Waals surface area contributed by atoms with Crippen molar-refractivity contribution in [1.82, 2.24) is 4.98 Å². The second kappa shape index (κ2) is 6.14. The van der Waals surface area contributed by atoms with Gasteiger partial charge < -0.3 is 5.73 Å². The van der Waals surface area contributed by atoms with Gasteiger partial charge in [-0.2, -0.15) is 0 Å². The Kier molecular flexibility index (Phi) is 5.12. The van der Waals surface area contributed by atoms with Crippen molar-refractivity contribution in [1.29, 1.82) is 0 Å². The van der Waals surface area contributed by atoms with Crippen molar-refractivity contribution in [3.63, 3.8) is 0 Å². The van der Waals surface area contributed by atoms with Gasteiger partial charge in [0.15, 0.2) is 0 Å². The lowest BCUT2D eigenvalue weighted by atomic mass is 10.1. The van der Waals surface area contributed by atoms with Crippen LogP contribution in [-0.4, -0.2) is 11.0 Å². The highest BCUT2D eigenvalue weighted by molar-refractivity contribution is 7.09. The molecule has 0 aromatic carbocycles. The molecule has 0 bridgehead atoms. The van der Waals surface area contributed by atoms with E-state index in [2.05, 4.69) is 17.3 Å². The van der Waals surface area contributed by atoms with E-state index in [0.29, 0.717) is 6.04 Å². The molecule has 0 aliphatic heterocycles. The maximum atomic E-state index is 6.02. The lowest BCUT2D eigenvalue weighted by Gasteiger charge is -2.08. The normalized spacial score (nSPS) is 13.1. The summed E-state index contributed by atoms with van der Waals surface area (Å²) in [5.74, 6) is 0. The number of aromatic nitrogens is 1. The quantitative estimate of drug-likeness (QED) is 0.736. The molecular formula is C11H20N2S. The summed E-state index contributed by atoms with van der Waals surface area (Å²) in [6.07, 6.45) is 5.89. The first kappa shape index (κ1) is 11.7. The van der Waals surface area contributed by atoms with Gasteiger partial charge in [0.25, 0.3) is 0 Å². The summed E-state index contributed by atoms with van der Waals surface area (Å²) in [4.78, 5) is 4.42. The molecule has 0 saturated carbocycles. The molecule has 0 aliphatic rings. The Morgan fingerprint density at radius 1 is 1.50 bits per heavy atom. The molecule has 1 aromatic heterocycles. The van der Waals surface area contributed by atoms with Crippen molar-refractivity contribution < 1.29 is 0 Å². The number of thiazole rings is 1. The summed E-state index contributed by atoms with van der Waals surface area (Å²) in [6.45, 7) is 4.25. The number of hydrogen-bond acceptors (Lipinski definition) is 3. The first-order chi connectivity index (χ1) is 6.72. The fraction of sp³-hybridized carbons (Fsp3) is 0.727. The molecular weight excluding hydrogens is 192 g/mol. The predicted molar refractivity (Wildman–Crippen MR) is 62.7 cm³/mol. The second-order valence-electron chi connectivity index (χ2n) is 3.84. The number of nitrogens with two attached hydrogens (primary N) is 1. The van der Waals surface area contributed by atoms with Crippen LogP contribution in [0.25, 0.3) is 0 Å². The van der Waals surface area contributed by atoms with Crippen LogP contribution in [0.2, 0.25) is 0 Å². The summed E-state index contributed by atoms with van der Waals surface area (Å²) in [5.41, 5.74) is 7.14. The maximum Gasteiger partial charge on any atom is 0.0943 e. The smallest absolute Gasteiger partial charge is 0.0943 e. The number of nitrogens with zero attached hydrogens (tertiary/aromatic N) is 1. The van der Waals surface area contributed by atoms with Crippen molar-refractivity contribution in [3.05, 3.63) is 16.1 Å². The molecule has 2 N–H and O–H groups in total. The fourth-order valence-corrected chi connectivity index (χ4v) is 2.35. The van der Waals surface area contributed by atoms with Crippen molar-refractivity contribution in [2.75, 3.05) is 0 Å². The molecule has 0 saturated heterocycles. The van der Waals surface area contributed by atoms with Crippen LogP contribution < -0.4 is 5.73 Å². The second-order valence-corrected chi connectivity index (χ2v) is 4.79. The van der Waals surface area contributed by atoms with E-state index < -0.39 is 0 Å². The van der Waals surface area contributed by atoms with E-state index in [1.165, 1.54) is 24.3 Å². The summed E-state index contributed by atoms with van der Waals surface area (Å²) in [5, 5.41) is 3.28. The standard InChI is InChI=1S/C11H20N2S/c1-3-4-5-6-10(12)7-11-13-9(2)8-14-11/h8,10H,3-7,12H2,1-2H3. The third-order valence-electron chi connectivity index (χ3n) is 2.28. The zero-order chi connectivity index (χ0) is 10.4. The molecule has 1 heterocycles. The van der Waals surface area contributed by atoms with Crippen LogP contribution in [0.5, 0.6) is 0 Å². The van der Waals surface area contributed by atoms with Gasteiger partial charge in [0.2, 0.25) is 0 Å². The van der Waals surface area contributed by atoms with Crippen molar-refractivity contribution in [2.45, 2.75) is 52.0 Å². The molecule has 2 nitrogen and oxygen atoms in total. The van der Waals surface area contributed by atoms with Crippen molar-refractivity contribution >= 4 is 11.3 Å². The molecule has 1 atom stereocenters. The van der Waals surface area contributed by atoms with Gasteiger partial charge in [0, 0.05) is 23.5 Å². The summed E-state index contributed by atoms with van der Waals surface area (Å²) in [6, 6.07) is 0.298. The Hall–Kier alpha value is -0.410. The van der Waals surface area contributed by atoms with E-state index in [1.807, 2.05) is 6.92 Å². The topological polar surface area (TPSA) is 38.9 Å². The monoisotopic (exact) mass is 212 g/mol. The van der Waals surface area contributed by atoms with Crippen LogP contribution in [0.1, 0.15) is 43.3 Å². The highest BCUT2D eigenvalue weighted by Gasteiger charge is 2.06. The largest absolute Gasteiger partial charge is 0.327 e. The van der Waals surface area contributed by atoms with Crippen LogP contribution in [0.3, 0.4) is 0 Å². The highest BCUT2D eigenvalue weighted by Crippen LogP contribution is 2.12. The van der Waals surface area contributed by atoms with E-state index >= 15 is 0 Å². The zero-order valence-electron chi connectivity index (χ0n) is 9.12. The Bertz CT molecular complexity index is 258. The minimum absolute atomic E-state index is 0.298. The van der Waals surface area contributed by atoms with Crippen LogP contribution >= 0.6 is 11.3 Å². The van der Waals surface area contributed by atoms with E-state index in [4.69, 9.17) is 5.73 Å². The molecule has 3 heteroatoms. The Labute approximate surface area is 90.6 Å². The van der Waals surface area contributed by atoms with E-state index in [0.717, 1.165) is 18.5 Å². The zero-order valence-corrected chi connectivity index (χ0v) is 9.94. The highest BCUT2D eigenvalue weighted by atomic mass is 32.1. The predicted octanol–water partition coefficient (Wildman–Crippen LogP) is 2.90. The summed E-state index contributed by atoms with van der Waals surface area (Å²) < 4.78 is 0. The average Bonchev–Trinajstić information content (AvgIpc) is 2.52. The molecule has 0 spiro atoms. The average molecular weight is 212 g/mol. The first-order valence-corrected chi connectivity index (χ1v) is 6.27. The van der Waals surface area contributed by atoms with E-state index in [1.54, 1.807) is 11.3 Å². The van der Waals surface area contributed by atoms with Gasteiger partial charge in [-0.1, -0.05) is 26.2 Å². The van der Waals surface area contributed by atoms with Gasteiger partial charge in [-0.3, -0.25) is 0 Å². The third kappa shape index (κ3) is 4.20. The molecule has 80 valence electrons. The van der Waals surface area contributed by atoms with Gasteiger partial charge in [0.05, 0.1) is 5.01 Å². The molecule has 0 fully saturated rings. The fourth-order valence-electron chi connectivity index (χ4n) is 1.48. The van der Waals surface area contributed by atoms with Crippen molar-refractivity contribution in [3.8, 4) is 0 Å². The summed E-state index contributed by atoms with van der Waals surface area (Å²) >= 11 is 1.73. The Balaban J connectivity index is 2.23. The van der Waals surface area contributed by atoms with E-state index in [-0.39, 0.29) is 0 Å². The lowest BCUT2D eigenvalue weighted by Crippen LogP contribution is -2.22. The molecule has 0 aliphatic carbocycles. The number of aryl methyl sites for hydroxylation is 1. The lowest BCUT2D eigenvalue weighted by molar-refractivity contribution is 0.556. The minimum Gasteiger partial charge on any atom is -0.327 e. The molecule has 14 heavy (non-hydrogen) atoms. The van der Waals surface area contributed by atoms with E-state index in [9.17, 15) is 0 Å². The number of hydrogen-bond donors (Lipinski definition) is 1. The Morgan fingerprint density at radius 2 is 2.29 bits per heavy atom. The van der Waals surface area contributed by atoms with Crippen molar-refractivity contribution in [2.24, 2.45) is 5.73 Å². The molecule has 1 rings (SSSR count). The SMILES string of the molecule is CCCCCC(N)Cc1nc(C)cs1. The van der Waals surface area contributed by atoms with Crippen LogP contribution in [0.4, 0.5) is 0 Å². The maximum absolute atomic E-state index is 6.02. The third-order valence-corrected chi connectivity index (χ3v) is 3.27. The van der Waals surface area contributed by atoms with Gasteiger partial charge in [0.1, 0.15) is 0 Å². The van der Waals surface area contributed by atoms with Crippen LogP contribution in [0, 0.1) is 6.92 Å². The molecule has 1 unspecified atom stereocenters. The number of unbranched alkanes of at least 4 members (excludes halogenated alkanes) is 2. The molecule has 0 radical (unpaired) electrons. The molecule has 1 aromatic rings. The van der Waals surface area contributed by atoms with Gasteiger partial charge in [-0.05, 0) is 13.3 Å². The first-order valence-electron chi connectivity index (χ1n) is 5.39.